The van der Waals surface area contributed by atoms with Gasteiger partial charge in [0, 0.05) is 24.5 Å². The Morgan fingerprint density at radius 3 is 3.00 bits per heavy atom. The molecule has 0 saturated carbocycles. The minimum absolute atomic E-state index is 0.727. The van der Waals surface area contributed by atoms with Gasteiger partial charge >= 0.3 is 0 Å². The number of rotatable bonds is 1. The molecule has 1 atom stereocenters. The van der Waals surface area contributed by atoms with E-state index in [-0.39, 0.29) is 0 Å². The van der Waals surface area contributed by atoms with Crippen LogP contribution in [0.1, 0.15) is 13.8 Å². The van der Waals surface area contributed by atoms with Crippen molar-refractivity contribution in [2.75, 3.05) is 12.3 Å². The van der Waals surface area contributed by atoms with E-state index in [4.69, 9.17) is 0 Å². The largest absolute Gasteiger partial charge is 0.374 e. The Bertz CT molecular complexity index is 111. The van der Waals surface area contributed by atoms with Crippen LogP contribution in [0.5, 0.6) is 0 Å². The van der Waals surface area contributed by atoms with Crippen LogP contribution in [-0.2, 0) is 0 Å². The average molecular weight is 143 g/mol. The first-order chi connectivity index (χ1) is 4.34. The zero-order valence-corrected chi connectivity index (χ0v) is 6.82. The third-order valence-electron chi connectivity index (χ3n) is 1.62. The maximum absolute atomic E-state index is 2.36. The molecule has 0 radical (unpaired) electrons. The second-order valence-electron chi connectivity index (χ2n) is 2.30. The first kappa shape index (κ1) is 7.00. The first-order valence-corrected chi connectivity index (χ1v) is 4.43. The second kappa shape index (κ2) is 3.16. The Morgan fingerprint density at radius 1 is 1.78 bits per heavy atom. The Balaban J connectivity index is 2.46. The SMILES string of the molecule is CCN1C=CSCC1C. The maximum atomic E-state index is 2.36. The van der Waals surface area contributed by atoms with E-state index in [1.165, 1.54) is 5.75 Å². The van der Waals surface area contributed by atoms with Gasteiger partial charge in [0.2, 0.25) is 0 Å². The number of hydrogen-bond acceptors (Lipinski definition) is 2. The van der Waals surface area contributed by atoms with Crippen LogP contribution in [0.4, 0.5) is 0 Å². The predicted octanol–water partition coefficient (Wildman–Crippen LogP) is 1.91. The van der Waals surface area contributed by atoms with Crippen LogP contribution in [0.3, 0.4) is 0 Å². The van der Waals surface area contributed by atoms with Crippen molar-refractivity contribution >= 4 is 11.8 Å². The van der Waals surface area contributed by atoms with E-state index in [1.54, 1.807) is 0 Å². The molecule has 52 valence electrons. The van der Waals surface area contributed by atoms with E-state index in [9.17, 15) is 0 Å². The molecule has 0 N–H and O–H groups in total. The molecule has 0 saturated heterocycles. The fraction of sp³-hybridized carbons (Fsp3) is 0.714. The van der Waals surface area contributed by atoms with Gasteiger partial charge in [0.15, 0.2) is 0 Å². The van der Waals surface area contributed by atoms with Crippen LogP contribution in [0.15, 0.2) is 11.6 Å². The van der Waals surface area contributed by atoms with Crippen molar-refractivity contribution in [3.8, 4) is 0 Å². The van der Waals surface area contributed by atoms with E-state index in [2.05, 4.69) is 30.4 Å². The molecule has 1 aliphatic heterocycles. The summed E-state index contributed by atoms with van der Waals surface area (Å²) < 4.78 is 0. The fourth-order valence-electron chi connectivity index (χ4n) is 0.976. The van der Waals surface area contributed by atoms with Gasteiger partial charge in [-0.05, 0) is 19.3 Å². The summed E-state index contributed by atoms with van der Waals surface area (Å²) in [4.78, 5) is 2.36. The minimum atomic E-state index is 0.727. The van der Waals surface area contributed by atoms with Crippen LogP contribution in [-0.4, -0.2) is 23.2 Å². The highest BCUT2D eigenvalue weighted by atomic mass is 32.2. The molecular weight excluding hydrogens is 130 g/mol. The molecule has 1 rings (SSSR count). The fourth-order valence-corrected chi connectivity index (χ4v) is 1.80. The Hall–Kier alpha value is -0.110. The van der Waals surface area contributed by atoms with E-state index in [0.717, 1.165) is 12.6 Å². The molecule has 9 heavy (non-hydrogen) atoms. The standard InChI is InChI=1S/C7H13NS/c1-3-8-4-5-9-6-7(8)2/h4-5,7H,3,6H2,1-2H3. The zero-order chi connectivity index (χ0) is 6.69. The van der Waals surface area contributed by atoms with E-state index in [1.807, 2.05) is 11.8 Å². The van der Waals surface area contributed by atoms with Crippen molar-refractivity contribution in [2.24, 2.45) is 0 Å². The normalized spacial score (nSPS) is 26.9. The second-order valence-corrected chi connectivity index (χ2v) is 3.24. The van der Waals surface area contributed by atoms with Gasteiger partial charge in [0.05, 0.1) is 0 Å². The molecule has 0 bridgehead atoms. The van der Waals surface area contributed by atoms with Gasteiger partial charge in [-0.2, -0.15) is 0 Å². The molecule has 0 aliphatic carbocycles. The first-order valence-electron chi connectivity index (χ1n) is 3.38. The van der Waals surface area contributed by atoms with Gasteiger partial charge in [0.1, 0.15) is 0 Å². The molecule has 0 aromatic rings. The number of thioether (sulfide) groups is 1. The van der Waals surface area contributed by atoms with Crippen molar-refractivity contribution in [3.63, 3.8) is 0 Å². The van der Waals surface area contributed by atoms with Crippen molar-refractivity contribution in [1.82, 2.24) is 4.90 Å². The molecule has 0 aromatic heterocycles. The molecule has 2 heteroatoms. The maximum Gasteiger partial charge on any atom is 0.0350 e. The lowest BCUT2D eigenvalue weighted by molar-refractivity contribution is 0.329. The van der Waals surface area contributed by atoms with Crippen LogP contribution in [0, 0.1) is 0 Å². The predicted molar refractivity (Wildman–Crippen MR) is 43.4 cm³/mol. The Kier molecular flexibility index (Phi) is 2.46. The van der Waals surface area contributed by atoms with Crippen LogP contribution < -0.4 is 0 Å². The van der Waals surface area contributed by atoms with Gasteiger partial charge < -0.3 is 4.90 Å². The smallest absolute Gasteiger partial charge is 0.0350 e. The molecule has 1 nitrogen and oxygen atoms in total. The lowest BCUT2D eigenvalue weighted by Gasteiger charge is -2.28. The molecule has 1 unspecified atom stereocenters. The summed E-state index contributed by atoms with van der Waals surface area (Å²) in [6, 6.07) is 0.727. The molecule has 1 heterocycles. The summed E-state index contributed by atoms with van der Waals surface area (Å²) in [5.41, 5.74) is 0. The molecule has 0 fully saturated rings. The van der Waals surface area contributed by atoms with Crippen molar-refractivity contribution in [2.45, 2.75) is 19.9 Å². The Labute approximate surface area is 61.1 Å². The highest BCUT2D eigenvalue weighted by Crippen LogP contribution is 2.16. The van der Waals surface area contributed by atoms with Gasteiger partial charge in [-0.15, -0.1) is 11.8 Å². The lowest BCUT2D eigenvalue weighted by atomic mass is 10.3. The molecule has 0 amide bonds. The summed E-state index contributed by atoms with van der Waals surface area (Å²) in [5, 5.41) is 2.17. The average Bonchev–Trinajstić information content (AvgIpc) is 1.89. The summed E-state index contributed by atoms with van der Waals surface area (Å²) >= 11 is 1.90. The zero-order valence-electron chi connectivity index (χ0n) is 6.00. The van der Waals surface area contributed by atoms with Crippen molar-refractivity contribution < 1.29 is 0 Å². The molecule has 0 aromatic carbocycles. The number of nitrogens with zero attached hydrogens (tertiary/aromatic N) is 1. The topological polar surface area (TPSA) is 3.24 Å². The van der Waals surface area contributed by atoms with Gasteiger partial charge in [0.25, 0.3) is 0 Å². The van der Waals surface area contributed by atoms with Gasteiger partial charge in [-0.3, -0.25) is 0 Å². The highest BCUT2D eigenvalue weighted by Gasteiger charge is 2.09. The van der Waals surface area contributed by atoms with Crippen LogP contribution >= 0.6 is 11.8 Å². The Morgan fingerprint density at radius 2 is 2.56 bits per heavy atom. The van der Waals surface area contributed by atoms with E-state index >= 15 is 0 Å². The molecule has 1 aliphatic rings. The third kappa shape index (κ3) is 1.65. The van der Waals surface area contributed by atoms with Crippen molar-refractivity contribution in [1.29, 1.82) is 0 Å². The van der Waals surface area contributed by atoms with E-state index < -0.39 is 0 Å². The van der Waals surface area contributed by atoms with Crippen molar-refractivity contribution in [3.05, 3.63) is 11.6 Å². The summed E-state index contributed by atoms with van der Waals surface area (Å²) in [6.45, 7) is 5.59. The monoisotopic (exact) mass is 143 g/mol. The van der Waals surface area contributed by atoms with E-state index in [0.29, 0.717) is 0 Å². The van der Waals surface area contributed by atoms with Crippen LogP contribution in [0.2, 0.25) is 0 Å². The quantitative estimate of drug-likeness (QED) is 0.551. The summed E-state index contributed by atoms with van der Waals surface area (Å²) in [5.74, 6) is 1.24. The van der Waals surface area contributed by atoms with Gasteiger partial charge in [-0.25, -0.2) is 0 Å². The minimum Gasteiger partial charge on any atom is -0.374 e. The summed E-state index contributed by atoms with van der Waals surface area (Å²) in [6.07, 6.45) is 2.18. The van der Waals surface area contributed by atoms with Gasteiger partial charge in [-0.1, -0.05) is 0 Å². The highest BCUT2D eigenvalue weighted by molar-refractivity contribution is 8.02. The lowest BCUT2D eigenvalue weighted by Crippen LogP contribution is -2.31. The molecular formula is C7H13NS. The third-order valence-corrected chi connectivity index (χ3v) is 2.61. The van der Waals surface area contributed by atoms with Crippen LogP contribution in [0.25, 0.3) is 0 Å². The molecule has 0 spiro atoms. The summed E-state index contributed by atoms with van der Waals surface area (Å²) in [7, 11) is 0. The number of hydrogen-bond donors (Lipinski definition) is 0.